The van der Waals surface area contributed by atoms with E-state index in [9.17, 15) is 9.59 Å². The van der Waals surface area contributed by atoms with Crippen molar-refractivity contribution in [1.29, 1.82) is 0 Å². The first-order valence-electron chi connectivity index (χ1n) is 7.35. The van der Waals surface area contributed by atoms with E-state index in [4.69, 9.17) is 0 Å². The molecule has 0 spiro atoms. The van der Waals surface area contributed by atoms with Gasteiger partial charge in [0.05, 0.1) is 11.4 Å². The topological polar surface area (TPSA) is 47.0 Å². The van der Waals surface area contributed by atoms with Crippen LogP contribution in [0.25, 0.3) is 0 Å². The van der Waals surface area contributed by atoms with E-state index in [1.54, 1.807) is 0 Å². The number of pyridine rings is 1. The predicted octanol–water partition coefficient (Wildman–Crippen LogP) is 3.39. The monoisotopic (exact) mass is 271 g/mol. The number of rotatable bonds is 0. The summed E-state index contributed by atoms with van der Waals surface area (Å²) in [6, 6.07) is 1.82. The maximum Gasteiger partial charge on any atom is 0.170 e. The van der Waals surface area contributed by atoms with Gasteiger partial charge in [-0.2, -0.15) is 0 Å². The number of aryl methyl sites for hydroxylation is 2. The molecule has 0 aliphatic heterocycles. The molecule has 2 aliphatic carbocycles. The van der Waals surface area contributed by atoms with E-state index in [1.807, 2.05) is 33.8 Å². The standard InChI is InChI=1S/C17H21NO2/c1-16(2)7-5-12-10(14(16)19)9-11-13(18-12)6-8-17(3,4)15(11)20/h9H,5-8H2,1-4H3. The SMILES string of the molecule is CC1(C)CCc2nc3c(cc2C1=O)C(=O)C(C)(C)CC3. The molecule has 0 atom stereocenters. The highest BCUT2D eigenvalue weighted by atomic mass is 16.1. The van der Waals surface area contributed by atoms with Crippen molar-refractivity contribution in [3.8, 4) is 0 Å². The van der Waals surface area contributed by atoms with Crippen LogP contribution in [0.5, 0.6) is 0 Å². The molecular formula is C17H21NO2. The van der Waals surface area contributed by atoms with Gasteiger partial charge in [0, 0.05) is 22.0 Å². The lowest BCUT2D eigenvalue weighted by Crippen LogP contribution is -2.35. The number of hydrogen-bond acceptors (Lipinski definition) is 3. The number of carbonyl (C=O) groups excluding carboxylic acids is 2. The first-order chi connectivity index (χ1) is 9.22. The fourth-order valence-corrected chi connectivity index (χ4v) is 3.19. The summed E-state index contributed by atoms with van der Waals surface area (Å²) in [7, 11) is 0. The Morgan fingerprint density at radius 1 is 0.850 bits per heavy atom. The zero-order valence-corrected chi connectivity index (χ0v) is 12.7. The van der Waals surface area contributed by atoms with Gasteiger partial charge in [0.1, 0.15) is 0 Å². The fourth-order valence-electron chi connectivity index (χ4n) is 3.19. The van der Waals surface area contributed by atoms with E-state index >= 15 is 0 Å². The van der Waals surface area contributed by atoms with Gasteiger partial charge >= 0.3 is 0 Å². The molecule has 20 heavy (non-hydrogen) atoms. The van der Waals surface area contributed by atoms with E-state index in [0.29, 0.717) is 11.1 Å². The summed E-state index contributed by atoms with van der Waals surface area (Å²) in [4.78, 5) is 29.7. The second-order valence-corrected chi connectivity index (χ2v) is 7.40. The smallest absolute Gasteiger partial charge is 0.170 e. The highest BCUT2D eigenvalue weighted by molar-refractivity contribution is 6.07. The molecule has 1 aromatic heterocycles. The van der Waals surface area contributed by atoms with Gasteiger partial charge in [0.2, 0.25) is 0 Å². The molecule has 3 nitrogen and oxygen atoms in total. The van der Waals surface area contributed by atoms with Crippen LogP contribution in [0.1, 0.15) is 72.6 Å². The van der Waals surface area contributed by atoms with Crippen molar-refractivity contribution < 1.29 is 9.59 Å². The quantitative estimate of drug-likeness (QED) is 0.726. The lowest BCUT2D eigenvalue weighted by atomic mass is 9.71. The number of hydrogen-bond donors (Lipinski definition) is 0. The van der Waals surface area contributed by atoms with Gasteiger partial charge in [-0.3, -0.25) is 14.6 Å². The van der Waals surface area contributed by atoms with Crippen molar-refractivity contribution in [2.75, 3.05) is 0 Å². The minimum Gasteiger partial charge on any atom is -0.294 e. The van der Waals surface area contributed by atoms with Gasteiger partial charge in [0.25, 0.3) is 0 Å². The Morgan fingerprint density at radius 3 is 1.65 bits per heavy atom. The van der Waals surface area contributed by atoms with Gasteiger partial charge in [-0.15, -0.1) is 0 Å². The highest BCUT2D eigenvalue weighted by Gasteiger charge is 2.39. The molecule has 0 aromatic carbocycles. The van der Waals surface area contributed by atoms with Crippen LogP contribution in [0.4, 0.5) is 0 Å². The van der Waals surface area contributed by atoms with E-state index in [1.165, 1.54) is 0 Å². The summed E-state index contributed by atoms with van der Waals surface area (Å²) >= 11 is 0. The molecule has 0 bridgehead atoms. The van der Waals surface area contributed by atoms with Crippen molar-refractivity contribution in [3.05, 3.63) is 28.6 Å². The summed E-state index contributed by atoms with van der Waals surface area (Å²) in [5.41, 5.74) is 2.45. The second kappa shape index (κ2) is 4.00. The summed E-state index contributed by atoms with van der Waals surface area (Å²) in [6.07, 6.45) is 3.34. The number of carbonyl (C=O) groups is 2. The molecule has 0 N–H and O–H groups in total. The minimum absolute atomic E-state index is 0.130. The fraction of sp³-hybridized carbons (Fsp3) is 0.588. The molecule has 0 fully saturated rings. The number of Topliss-reactive ketones (excluding diaryl/α,β-unsaturated/α-hetero) is 2. The molecule has 106 valence electrons. The molecule has 3 rings (SSSR count). The van der Waals surface area contributed by atoms with Crippen LogP contribution in [0, 0.1) is 10.8 Å². The highest BCUT2D eigenvalue weighted by Crippen LogP contribution is 2.38. The molecule has 3 heteroatoms. The Bertz CT molecular complexity index is 575. The van der Waals surface area contributed by atoms with Gasteiger partial charge < -0.3 is 0 Å². The zero-order chi connectivity index (χ0) is 14.7. The third-order valence-corrected chi connectivity index (χ3v) is 4.87. The van der Waals surface area contributed by atoms with Gasteiger partial charge in [-0.25, -0.2) is 0 Å². The number of aromatic nitrogens is 1. The molecular weight excluding hydrogens is 250 g/mol. The third-order valence-electron chi connectivity index (χ3n) is 4.87. The number of nitrogens with zero attached hydrogens (tertiary/aromatic N) is 1. The Kier molecular flexibility index (Phi) is 2.69. The predicted molar refractivity (Wildman–Crippen MR) is 77.1 cm³/mol. The Labute approximate surface area is 119 Å². The normalized spacial score (nSPS) is 23.2. The lowest BCUT2D eigenvalue weighted by molar-refractivity contribution is 0.0801. The molecule has 0 unspecified atom stereocenters. The first-order valence-corrected chi connectivity index (χ1v) is 7.35. The van der Waals surface area contributed by atoms with E-state index in [-0.39, 0.29) is 22.4 Å². The maximum atomic E-state index is 12.5. The first kappa shape index (κ1) is 13.5. The average Bonchev–Trinajstić information content (AvgIpc) is 2.38. The minimum atomic E-state index is -0.337. The van der Waals surface area contributed by atoms with Crippen LogP contribution in [0.3, 0.4) is 0 Å². The molecule has 2 aliphatic rings. The van der Waals surface area contributed by atoms with E-state index < -0.39 is 0 Å². The molecule has 1 aromatic rings. The summed E-state index contributed by atoms with van der Waals surface area (Å²) in [5.74, 6) is 0.260. The largest absolute Gasteiger partial charge is 0.294 e. The summed E-state index contributed by atoms with van der Waals surface area (Å²) in [6.45, 7) is 7.90. The van der Waals surface area contributed by atoms with Gasteiger partial charge in [0.15, 0.2) is 11.6 Å². The van der Waals surface area contributed by atoms with Crippen LogP contribution < -0.4 is 0 Å². The van der Waals surface area contributed by atoms with Crippen molar-refractivity contribution in [2.24, 2.45) is 10.8 Å². The lowest BCUT2D eigenvalue weighted by Gasteiger charge is -2.33. The van der Waals surface area contributed by atoms with Gasteiger partial charge in [-0.05, 0) is 31.7 Å². The van der Waals surface area contributed by atoms with E-state index in [0.717, 1.165) is 37.1 Å². The number of fused-ring (bicyclic) bond motifs is 2. The van der Waals surface area contributed by atoms with Crippen molar-refractivity contribution in [3.63, 3.8) is 0 Å². The van der Waals surface area contributed by atoms with Crippen molar-refractivity contribution in [1.82, 2.24) is 4.98 Å². The van der Waals surface area contributed by atoms with Gasteiger partial charge in [-0.1, -0.05) is 27.7 Å². The summed E-state index contributed by atoms with van der Waals surface area (Å²) < 4.78 is 0. The van der Waals surface area contributed by atoms with Crippen LogP contribution >= 0.6 is 0 Å². The zero-order valence-electron chi connectivity index (χ0n) is 12.7. The van der Waals surface area contributed by atoms with E-state index in [2.05, 4.69) is 4.98 Å². The van der Waals surface area contributed by atoms with Crippen molar-refractivity contribution >= 4 is 11.6 Å². The Morgan fingerprint density at radius 2 is 1.25 bits per heavy atom. The molecule has 0 amide bonds. The molecule has 0 radical (unpaired) electrons. The third kappa shape index (κ3) is 1.83. The summed E-state index contributed by atoms with van der Waals surface area (Å²) in [5, 5.41) is 0. The van der Waals surface area contributed by atoms with Crippen LogP contribution in [-0.4, -0.2) is 16.6 Å². The maximum absolute atomic E-state index is 12.5. The average molecular weight is 271 g/mol. The molecule has 0 saturated carbocycles. The van der Waals surface area contributed by atoms with Crippen LogP contribution in [-0.2, 0) is 12.8 Å². The molecule has 0 saturated heterocycles. The van der Waals surface area contributed by atoms with Crippen molar-refractivity contribution in [2.45, 2.75) is 53.4 Å². The Balaban J connectivity index is 2.15. The van der Waals surface area contributed by atoms with Crippen LogP contribution in [0.2, 0.25) is 0 Å². The number of ketones is 2. The Hall–Kier alpha value is -1.51. The van der Waals surface area contributed by atoms with Crippen LogP contribution in [0.15, 0.2) is 6.07 Å². The molecule has 1 heterocycles. The second-order valence-electron chi connectivity index (χ2n) is 7.40.